The molecular formula is C20H23NO2S. The van der Waals surface area contributed by atoms with Gasteiger partial charge in [0.15, 0.2) is 0 Å². The molecular weight excluding hydrogens is 318 g/mol. The van der Waals surface area contributed by atoms with Crippen LogP contribution in [0.3, 0.4) is 0 Å². The monoisotopic (exact) mass is 341 g/mol. The van der Waals surface area contributed by atoms with Crippen LogP contribution in [0.4, 0.5) is 0 Å². The van der Waals surface area contributed by atoms with E-state index in [4.69, 9.17) is 5.21 Å². The van der Waals surface area contributed by atoms with Crippen LogP contribution in [0.25, 0.3) is 6.08 Å². The highest BCUT2D eigenvalue weighted by atomic mass is 32.2. The number of rotatable bonds is 7. The lowest BCUT2D eigenvalue weighted by Crippen LogP contribution is -2.19. The normalized spacial score (nSPS) is 11.0. The van der Waals surface area contributed by atoms with Gasteiger partial charge in [0, 0.05) is 18.0 Å². The van der Waals surface area contributed by atoms with Crippen molar-refractivity contribution in [2.24, 2.45) is 0 Å². The van der Waals surface area contributed by atoms with Crippen molar-refractivity contribution in [1.29, 1.82) is 0 Å². The van der Waals surface area contributed by atoms with E-state index >= 15 is 0 Å². The summed E-state index contributed by atoms with van der Waals surface area (Å²) in [6.45, 7) is 0. The van der Waals surface area contributed by atoms with Gasteiger partial charge in [0.25, 0.3) is 5.91 Å². The van der Waals surface area contributed by atoms with E-state index < -0.39 is 5.91 Å². The van der Waals surface area contributed by atoms with Crippen molar-refractivity contribution < 1.29 is 10.0 Å². The van der Waals surface area contributed by atoms with Gasteiger partial charge in [-0.2, -0.15) is 0 Å². The van der Waals surface area contributed by atoms with Crippen LogP contribution in [-0.2, 0) is 17.6 Å². The fraction of sp³-hybridized carbons (Fsp3) is 0.250. The van der Waals surface area contributed by atoms with E-state index in [1.165, 1.54) is 24.3 Å². The summed E-state index contributed by atoms with van der Waals surface area (Å²) in [5.41, 5.74) is 3.66. The van der Waals surface area contributed by atoms with Crippen LogP contribution in [0.5, 0.6) is 0 Å². The first-order valence-corrected chi connectivity index (χ1v) is 9.18. The lowest BCUT2D eigenvalue weighted by Gasteiger charge is -2.08. The molecule has 0 aliphatic rings. The third-order valence-corrected chi connectivity index (χ3v) is 4.59. The average molecular weight is 341 g/mol. The number of thioether (sulfide) groups is 1. The van der Waals surface area contributed by atoms with Gasteiger partial charge in [-0.3, -0.25) is 10.0 Å². The smallest absolute Gasteiger partial charge is 0.269 e. The number of aryl methyl sites for hydroxylation is 2. The molecule has 2 aromatic carbocycles. The van der Waals surface area contributed by atoms with Crippen molar-refractivity contribution in [2.75, 3.05) is 13.3 Å². The van der Waals surface area contributed by atoms with Crippen molar-refractivity contribution in [3.63, 3.8) is 0 Å². The molecule has 24 heavy (non-hydrogen) atoms. The molecule has 0 aromatic heterocycles. The molecule has 3 nitrogen and oxygen atoms in total. The summed E-state index contributed by atoms with van der Waals surface area (Å²) in [6.07, 6.45) is 8.37. The maximum Gasteiger partial charge on any atom is 0.269 e. The Morgan fingerprint density at radius 1 is 1.12 bits per heavy atom. The van der Waals surface area contributed by atoms with Crippen LogP contribution in [-0.4, -0.2) is 29.5 Å². The lowest BCUT2D eigenvalue weighted by atomic mass is 10.0. The first-order chi connectivity index (χ1) is 11.6. The van der Waals surface area contributed by atoms with Crippen molar-refractivity contribution in [2.45, 2.75) is 24.2 Å². The SMILES string of the molecule is CSc1cc(CCCc2ccccc2)ccc1C=CC(=O)N(C)O. The first-order valence-electron chi connectivity index (χ1n) is 7.95. The zero-order chi connectivity index (χ0) is 17.4. The number of carbonyl (C=O) groups is 1. The topological polar surface area (TPSA) is 40.5 Å². The van der Waals surface area contributed by atoms with E-state index in [1.54, 1.807) is 17.8 Å². The fourth-order valence-electron chi connectivity index (χ4n) is 2.46. The Balaban J connectivity index is 1.99. The summed E-state index contributed by atoms with van der Waals surface area (Å²) in [7, 11) is 1.32. The Kier molecular flexibility index (Phi) is 7.09. The van der Waals surface area contributed by atoms with Crippen molar-refractivity contribution in [3.05, 3.63) is 71.3 Å². The zero-order valence-electron chi connectivity index (χ0n) is 14.1. The van der Waals surface area contributed by atoms with E-state index in [2.05, 4.69) is 36.4 Å². The Hall–Kier alpha value is -2.04. The molecule has 0 spiro atoms. The van der Waals surface area contributed by atoms with Gasteiger partial charge in [-0.1, -0.05) is 42.5 Å². The van der Waals surface area contributed by atoms with E-state index in [9.17, 15) is 4.79 Å². The largest absolute Gasteiger partial charge is 0.286 e. The Bertz CT molecular complexity index is 696. The Morgan fingerprint density at radius 3 is 2.50 bits per heavy atom. The summed E-state index contributed by atoms with van der Waals surface area (Å²) in [5.74, 6) is -0.436. The highest BCUT2D eigenvalue weighted by Crippen LogP contribution is 2.24. The Labute approximate surface area is 148 Å². The molecule has 0 fully saturated rings. The van der Waals surface area contributed by atoms with Gasteiger partial charge in [0.05, 0.1) is 0 Å². The van der Waals surface area contributed by atoms with Gasteiger partial charge in [-0.05, 0) is 54.4 Å². The molecule has 1 amide bonds. The van der Waals surface area contributed by atoms with Gasteiger partial charge < -0.3 is 0 Å². The molecule has 0 atom stereocenters. The molecule has 0 saturated heterocycles. The summed E-state index contributed by atoms with van der Waals surface area (Å²) in [4.78, 5) is 12.6. The third kappa shape index (κ3) is 5.55. The predicted molar refractivity (Wildman–Crippen MR) is 100 cm³/mol. The van der Waals surface area contributed by atoms with Gasteiger partial charge in [-0.15, -0.1) is 11.8 Å². The van der Waals surface area contributed by atoms with E-state index in [1.807, 2.05) is 18.4 Å². The van der Waals surface area contributed by atoms with Crippen LogP contribution in [0.1, 0.15) is 23.1 Å². The lowest BCUT2D eigenvalue weighted by molar-refractivity contribution is -0.153. The summed E-state index contributed by atoms with van der Waals surface area (Å²) < 4.78 is 0. The molecule has 0 bridgehead atoms. The van der Waals surface area contributed by atoms with E-state index in [0.29, 0.717) is 5.06 Å². The van der Waals surface area contributed by atoms with Crippen LogP contribution < -0.4 is 0 Å². The quantitative estimate of drug-likeness (QED) is 0.350. The molecule has 0 radical (unpaired) electrons. The number of carbonyl (C=O) groups excluding carboxylic acids is 1. The number of nitrogens with zero attached hydrogens (tertiary/aromatic N) is 1. The number of amides is 1. The molecule has 1 N–H and O–H groups in total. The van der Waals surface area contributed by atoms with Crippen molar-refractivity contribution >= 4 is 23.7 Å². The van der Waals surface area contributed by atoms with Crippen LogP contribution in [0.2, 0.25) is 0 Å². The molecule has 0 unspecified atom stereocenters. The van der Waals surface area contributed by atoms with Gasteiger partial charge in [0.2, 0.25) is 0 Å². The minimum atomic E-state index is -0.436. The molecule has 0 aliphatic heterocycles. The minimum Gasteiger partial charge on any atom is -0.286 e. The van der Waals surface area contributed by atoms with Gasteiger partial charge in [0.1, 0.15) is 0 Å². The van der Waals surface area contributed by atoms with Crippen molar-refractivity contribution in [3.8, 4) is 0 Å². The summed E-state index contributed by atoms with van der Waals surface area (Å²) in [5, 5.41) is 9.66. The molecule has 126 valence electrons. The van der Waals surface area contributed by atoms with Crippen LogP contribution in [0.15, 0.2) is 59.5 Å². The Morgan fingerprint density at radius 2 is 1.83 bits per heavy atom. The molecule has 0 saturated carbocycles. The molecule has 4 heteroatoms. The highest BCUT2D eigenvalue weighted by molar-refractivity contribution is 7.98. The average Bonchev–Trinajstić information content (AvgIpc) is 2.60. The number of benzene rings is 2. The van der Waals surface area contributed by atoms with E-state index in [-0.39, 0.29) is 0 Å². The standard InChI is InChI=1S/C20H23NO2S/c1-21(23)20(22)14-13-18-12-11-17(15-19(18)24-2)10-6-9-16-7-4-3-5-8-16/h3-5,7-8,11-15,23H,6,9-10H2,1-2H3. The predicted octanol–water partition coefficient (Wildman–Crippen LogP) is 4.44. The summed E-state index contributed by atoms with van der Waals surface area (Å²) >= 11 is 1.66. The second-order valence-electron chi connectivity index (χ2n) is 5.61. The molecule has 2 aromatic rings. The third-order valence-electron chi connectivity index (χ3n) is 3.80. The van der Waals surface area contributed by atoms with Crippen molar-refractivity contribution in [1.82, 2.24) is 5.06 Å². The highest BCUT2D eigenvalue weighted by Gasteiger charge is 2.04. The van der Waals surface area contributed by atoms with E-state index in [0.717, 1.165) is 29.7 Å². The van der Waals surface area contributed by atoms with Gasteiger partial charge in [-0.25, -0.2) is 5.06 Å². The maximum atomic E-state index is 11.4. The minimum absolute atomic E-state index is 0.436. The number of hydrogen-bond acceptors (Lipinski definition) is 3. The number of hydrogen-bond donors (Lipinski definition) is 1. The zero-order valence-corrected chi connectivity index (χ0v) is 14.9. The second-order valence-corrected chi connectivity index (χ2v) is 6.46. The second kappa shape index (κ2) is 9.30. The van der Waals surface area contributed by atoms with Gasteiger partial charge >= 0.3 is 0 Å². The first kappa shape index (κ1) is 18.3. The maximum absolute atomic E-state index is 11.4. The summed E-state index contributed by atoms with van der Waals surface area (Å²) in [6, 6.07) is 16.8. The fourth-order valence-corrected chi connectivity index (χ4v) is 3.10. The van der Waals surface area contributed by atoms with Crippen LogP contribution >= 0.6 is 11.8 Å². The number of hydroxylamine groups is 2. The van der Waals surface area contributed by atoms with Crippen LogP contribution in [0, 0.1) is 0 Å². The number of likely N-dealkylation sites (N-methyl/N-ethyl adjacent to an activating group) is 1. The molecule has 0 aliphatic carbocycles. The molecule has 2 rings (SSSR count). The molecule has 0 heterocycles.